The summed E-state index contributed by atoms with van der Waals surface area (Å²) in [6.45, 7) is 0. The van der Waals surface area contributed by atoms with Gasteiger partial charge >= 0.3 is 6.18 Å². The van der Waals surface area contributed by atoms with Gasteiger partial charge in [0.1, 0.15) is 6.07 Å². The van der Waals surface area contributed by atoms with E-state index in [0.717, 1.165) is 5.01 Å². The van der Waals surface area contributed by atoms with E-state index in [1.54, 1.807) is 54.6 Å². The van der Waals surface area contributed by atoms with E-state index < -0.39 is 30.0 Å². The molecule has 3 atom stereocenters. The van der Waals surface area contributed by atoms with Crippen molar-refractivity contribution in [3.05, 3.63) is 76.6 Å². The predicted octanol–water partition coefficient (Wildman–Crippen LogP) is 4.53. The number of nitrogens with zero attached hydrogens (tertiary/aromatic N) is 3. The first-order chi connectivity index (χ1) is 13.8. The van der Waals surface area contributed by atoms with Crippen LogP contribution in [0.3, 0.4) is 0 Å². The summed E-state index contributed by atoms with van der Waals surface area (Å²) in [5.41, 5.74) is 5.57. The molecule has 9 heteroatoms. The van der Waals surface area contributed by atoms with Crippen molar-refractivity contribution in [1.82, 2.24) is 0 Å². The van der Waals surface area contributed by atoms with Gasteiger partial charge in [-0.15, -0.1) is 0 Å². The molecule has 2 heterocycles. The molecule has 2 aromatic rings. The van der Waals surface area contributed by atoms with Crippen molar-refractivity contribution in [3.8, 4) is 6.07 Å². The first-order valence-electron chi connectivity index (χ1n) is 8.63. The zero-order chi connectivity index (χ0) is 20.8. The molecule has 4 rings (SSSR count). The molecule has 148 valence electrons. The number of ether oxygens (including phenoxy) is 1. The van der Waals surface area contributed by atoms with Crippen molar-refractivity contribution in [2.45, 2.75) is 18.3 Å². The summed E-state index contributed by atoms with van der Waals surface area (Å²) in [4.78, 5) is 0. The van der Waals surface area contributed by atoms with Gasteiger partial charge in [-0.2, -0.15) is 23.5 Å². The van der Waals surface area contributed by atoms with Crippen LogP contribution < -0.4 is 10.7 Å². The van der Waals surface area contributed by atoms with E-state index in [2.05, 4.69) is 5.10 Å². The van der Waals surface area contributed by atoms with Gasteiger partial charge in [0, 0.05) is 10.9 Å². The number of fused-ring (bicyclic) bond motifs is 1. The van der Waals surface area contributed by atoms with Crippen LogP contribution in [0.25, 0.3) is 0 Å². The van der Waals surface area contributed by atoms with Crippen LogP contribution in [0.15, 0.2) is 71.2 Å². The molecule has 0 spiro atoms. The fourth-order valence-electron chi connectivity index (χ4n) is 3.73. The smallest absolute Gasteiger partial charge is 0.431 e. The van der Waals surface area contributed by atoms with Crippen molar-refractivity contribution in [2.75, 3.05) is 5.01 Å². The van der Waals surface area contributed by atoms with E-state index in [1.807, 2.05) is 6.07 Å². The molecule has 2 aliphatic rings. The van der Waals surface area contributed by atoms with Gasteiger partial charge in [0.15, 0.2) is 5.71 Å². The van der Waals surface area contributed by atoms with Crippen molar-refractivity contribution < 1.29 is 17.9 Å². The number of rotatable bonds is 2. The summed E-state index contributed by atoms with van der Waals surface area (Å²) < 4.78 is 47.5. The van der Waals surface area contributed by atoms with Crippen LogP contribution in [0.1, 0.15) is 11.5 Å². The Labute approximate surface area is 169 Å². The third kappa shape index (κ3) is 3.17. The summed E-state index contributed by atoms with van der Waals surface area (Å²) >= 11 is 6.28. The van der Waals surface area contributed by atoms with Gasteiger partial charge in [0.2, 0.25) is 12.1 Å². The minimum absolute atomic E-state index is 0.105. The molecule has 0 bridgehead atoms. The first-order valence-corrected chi connectivity index (χ1v) is 9.01. The van der Waals surface area contributed by atoms with E-state index in [-0.39, 0.29) is 16.5 Å². The van der Waals surface area contributed by atoms with Crippen LogP contribution >= 0.6 is 11.6 Å². The second-order valence-corrected chi connectivity index (χ2v) is 6.99. The van der Waals surface area contributed by atoms with Gasteiger partial charge in [0.05, 0.1) is 17.2 Å². The number of benzene rings is 2. The predicted molar refractivity (Wildman–Crippen MR) is 102 cm³/mol. The van der Waals surface area contributed by atoms with Crippen molar-refractivity contribution in [1.29, 1.82) is 5.26 Å². The number of halogens is 4. The number of nitrogens with two attached hydrogens (primary N) is 1. The molecule has 0 saturated carbocycles. The van der Waals surface area contributed by atoms with E-state index in [1.165, 1.54) is 0 Å². The molecule has 0 saturated heterocycles. The van der Waals surface area contributed by atoms with Gasteiger partial charge in [-0.05, 0) is 23.8 Å². The Hall–Kier alpha value is -3.18. The Morgan fingerprint density at radius 3 is 2.38 bits per heavy atom. The number of alkyl halides is 3. The van der Waals surface area contributed by atoms with Crippen LogP contribution in [0.2, 0.25) is 5.02 Å². The van der Waals surface area contributed by atoms with Crippen LogP contribution in [-0.4, -0.2) is 18.1 Å². The third-order valence-corrected chi connectivity index (χ3v) is 5.28. The van der Waals surface area contributed by atoms with Crippen molar-refractivity contribution >= 4 is 23.0 Å². The second-order valence-electron chi connectivity index (χ2n) is 6.59. The van der Waals surface area contributed by atoms with E-state index >= 15 is 0 Å². The number of hydrazone groups is 1. The largest absolute Gasteiger partial charge is 0.452 e. The molecule has 0 aromatic heterocycles. The SMILES string of the molecule is N#CC1=C(N)O[C@@H]2[C@@H](C(C(F)(F)F)=NN2c2ccccc2)[C@@H]1c1ccccc1Cl. The first kappa shape index (κ1) is 19.2. The summed E-state index contributed by atoms with van der Waals surface area (Å²) in [5.74, 6) is -2.61. The maximum Gasteiger partial charge on any atom is 0.431 e. The highest BCUT2D eigenvalue weighted by Crippen LogP contribution is 2.49. The van der Waals surface area contributed by atoms with Crippen molar-refractivity contribution in [3.63, 3.8) is 0 Å². The Morgan fingerprint density at radius 1 is 1.10 bits per heavy atom. The molecule has 0 aliphatic carbocycles. The van der Waals surface area contributed by atoms with Crippen LogP contribution in [0, 0.1) is 17.2 Å². The second kappa shape index (κ2) is 7.01. The quantitative estimate of drug-likeness (QED) is 0.777. The number of para-hydroxylation sites is 1. The number of nitriles is 1. The van der Waals surface area contributed by atoms with Gasteiger partial charge in [-0.3, -0.25) is 0 Å². The lowest BCUT2D eigenvalue weighted by Gasteiger charge is -2.37. The fourth-order valence-corrected chi connectivity index (χ4v) is 3.98. The number of hydrogen-bond acceptors (Lipinski definition) is 5. The molecule has 0 amide bonds. The summed E-state index contributed by atoms with van der Waals surface area (Å²) in [5, 5.41) is 14.9. The fraction of sp³-hybridized carbons (Fsp3) is 0.200. The minimum Gasteiger partial charge on any atom is -0.452 e. The Morgan fingerprint density at radius 2 is 1.76 bits per heavy atom. The molecular weight excluding hydrogens is 405 g/mol. The number of hydrogen-bond donors (Lipinski definition) is 1. The lowest BCUT2D eigenvalue weighted by atomic mass is 9.76. The summed E-state index contributed by atoms with van der Waals surface area (Å²) in [6.07, 6.45) is -5.91. The van der Waals surface area contributed by atoms with Crippen molar-refractivity contribution in [2.24, 2.45) is 16.8 Å². The van der Waals surface area contributed by atoms with Crippen LogP contribution in [0.4, 0.5) is 18.9 Å². The molecule has 29 heavy (non-hydrogen) atoms. The van der Waals surface area contributed by atoms with E-state index in [4.69, 9.17) is 22.1 Å². The summed E-state index contributed by atoms with van der Waals surface area (Å²) in [6, 6.07) is 16.7. The Balaban J connectivity index is 1.93. The molecular formula is C20H14ClF3N4O. The molecule has 2 N–H and O–H groups in total. The standard InChI is InChI=1S/C20H14ClF3N4O/c21-14-9-5-4-8-12(14)15-13(10-25)18(26)29-19-16(15)17(20(22,23)24)27-28(19)11-6-2-1-3-7-11/h1-9,15-16,19H,26H2/t15-,16-,19-/m1/s1. The van der Waals surface area contributed by atoms with Gasteiger partial charge in [-0.25, -0.2) is 5.01 Å². The van der Waals surface area contributed by atoms with Crippen LogP contribution in [-0.2, 0) is 4.74 Å². The molecule has 5 nitrogen and oxygen atoms in total. The average molecular weight is 419 g/mol. The maximum absolute atomic E-state index is 14.0. The maximum atomic E-state index is 14.0. The monoisotopic (exact) mass is 418 g/mol. The highest BCUT2D eigenvalue weighted by atomic mass is 35.5. The molecule has 0 radical (unpaired) electrons. The lowest BCUT2D eigenvalue weighted by molar-refractivity contribution is -0.0658. The molecule has 2 aliphatic heterocycles. The topological polar surface area (TPSA) is 74.6 Å². The van der Waals surface area contributed by atoms with Crippen LogP contribution in [0.5, 0.6) is 0 Å². The minimum atomic E-state index is -4.73. The molecule has 2 aromatic carbocycles. The normalized spacial score (nSPS) is 23.9. The number of allylic oxidation sites excluding steroid dienone is 1. The van der Waals surface area contributed by atoms with Gasteiger partial charge in [0.25, 0.3) is 0 Å². The van der Waals surface area contributed by atoms with E-state index in [9.17, 15) is 18.4 Å². The van der Waals surface area contributed by atoms with Gasteiger partial charge < -0.3 is 10.5 Å². The molecule has 0 fully saturated rings. The molecule has 0 unspecified atom stereocenters. The summed E-state index contributed by atoms with van der Waals surface area (Å²) in [7, 11) is 0. The zero-order valence-corrected chi connectivity index (χ0v) is 15.5. The third-order valence-electron chi connectivity index (χ3n) is 4.93. The Bertz CT molecular complexity index is 1050. The van der Waals surface area contributed by atoms with Gasteiger partial charge in [-0.1, -0.05) is 48.0 Å². The zero-order valence-electron chi connectivity index (χ0n) is 14.8. The van der Waals surface area contributed by atoms with E-state index in [0.29, 0.717) is 11.3 Å². The average Bonchev–Trinajstić information content (AvgIpc) is 3.07. The highest BCUT2D eigenvalue weighted by molar-refractivity contribution is 6.31. The number of anilines is 1. The Kier molecular flexibility index (Phi) is 4.63. The highest BCUT2D eigenvalue weighted by Gasteiger charge is 2.58. The lowest BCUT2D eigenvalue weighted by Crippen LogP contribution is -2.46.